The van der Waals surface area contributed by atoms with Crippen molar-refractivity contribution in [1.82, 2.24) is 0 Å². The molecule has 0 bridgehead atoms. The topological polar surface area (TPSA) is 254 Å². The van der Waals surface area contributed by atoms with Gasteiger partial charge in [-0.2, -0.15) is 8.62 Å². The lowest BCUT2D eigenvalue weighted by molar-refractivity contribution is -0.0185. The number of hydrogen-bond acceptors (Lipinski definition) is 12. The van der Waals surface area contributed by atoms with E-state index in [0.717, 1.165) is 0 Å². The van der Waals surface area contributed by atoms with Gasteiger partial charge < -0.3 is 39.0 Å². The molecule has 0 amide bonds. The molecule has 2 fully saturated rings. The van der Waals surface area contributed by atoms with Gasteiger partial charge >= 0.3 is 31.3 Å². The van der Waals surface area contributed by atoms with Crippen LogP contribution < -0.4 is 0 Å². The third-order valence-electron chi connectivity index (χ3n) is 3.80. The molecule has 6 atom stereocenters. The van der Waals surface area contributed by atoms with E-state index < -0.39 is 68.9 Å². The van der Waals surface area contributed by atoms with Crippen LogP contribution in [0.4, 0.5) is 0 Å². The van der Waals surface area contributed by atoms with E-state index in [1.807, 2.05) is 0 Å². The zero-order valence-corrected chi connectivity index (χ0v) is 19.1. The third-order valence-corrected chi connectivity index (χ3v) is 8.59. The lowest BCUT2D eigenvalue weighted by atomic mass is 10.2. The fraction of sp³-hybridized carbons (Fsp3) is 1.00. The first kappa shape index (κ1) is 27.6. The Balaban J connectivity index is 2.13. The molecule has 0 saturated carbocycles. The van der Waals surface area contributed by atoms with E-state index in [9.17, 15) is 28.3 Å². The second kappa shape index (κ2) is 10.8. The van der Waals surface area contributed by atoms with Gasteiger partial charge in [0.2, 0.25) is 0 Å². The lowest BCUT2D eigenvalue weighted by Crippen LogP contribution is -2.30. The summed E-state index contributed by atoms with van der Waals surface area (Å²) in [7, 11) is -21.3. The van der Waals surface area contributed by atoms with Crippen molar-refractivity contribution in [2.24, 2.45) is 0 Å². The van der Waals surface area contributed by atoms with Gasteiger partial charge in [-0.1, -0.05) is 0 Å². The predicted octanol–water partition coefficient (Wildman–Crippen LogP) is -0.229. The Morgan fingerprint density at radius 1 is 0.774 bits per heavy atom. The Labute approximate surface area is 175 Å². The molecule has 0 spiro atoms. The second-order valence-electron chi connectivity index (χ2n) is 6.26. The molecule has 184 valence electrons. The van der Waals surface area contributed by atoms with Crippen LogP contribution >= 0.6 is 31.3 Å². The van der Waals surface area contributed by atoms with E-state index in [1.165, 1.54) is 0 Å². The summed E-state index contributed by atoms with van der Waals surface area (Å²) in [5.74, 6) is 0. The molecule has 2 aliphatic rings. The summed E-state index contributed by atoms with van der Waals surface area (Å²) in [6, 6.07) is 0. The Bertz CT molecular complexity index is 790. The fourth-order valence-electron chi connectivity index (χ4n) is 2.55. The average molecular weight is 538 g/mol. The van der Waals surface area contributed by atoms with E-state index in [-0.39, 0.29) is 26.1 Å². The highest BCUT2D eigenvalue weighted by Crippen LogP contribution is 2.69. The summed E-state index contributed by atoms with van der Waals surface area (Å²) < 4.78 is 78.9. The molecule has 2 aliphatic heterocycles. The largest absolute Gasteiger partial charge is 0.490 e. The minimum atomic E-state index is -5.71. The van der Waals surface area contributed by atoms with Crippen LogP contribution in [0.15, 0.2) is 0 Å². The number of phosphoric ester groups is 2. The zero-order valence-electron chi connectivity index (χ0n) is 15.5. The Hall–Kier alpha value is 0.400. The number of rotatable bonds is 12. The van der Waals surface area contributed by atoms with Crippen molar-refractivity contribution in [3.8, 4) is 0 Å². The second-order valence-corrected chi connectivity index (χ2v) is 12.1. The maximum absolute atomic E-state index is 13.0. The first-order valence-corrected chi connectivity index (χ1v) is 14.4. The highest BCUT2D eigenvalue weighted by molar-refractivity contribution is 7.66. The zero-order chi connectivity index (χ0) is 23.5. The first-order valence-electron chi connectivity index (χ1n) is 8.43. The van der Waals surface area contributed by atoms with Crippen LogP contribution in [0.5, 0.6) is 0 Å². The first-order chi connectivity index (χ1) is 14.1. The van der Waals surface area contributed by atoms with Crippen molar-refractivity contribution < 1.29 is 79.5 Å². The molecule has 17 nitrogen and oxygen atoms in total. The summed E-state index contributed by atoms with van der Waals surface area (Å²) in [5, 5.41) is 9.73. The standard InChI is InChI=1S/C10H22O17P4/c11-7-1-3-21-9(7)5-24-31(20,27-30(18,19)26-29(15,16)17)25-8-2-4-22-10(8)6-23-28(12,13)14/h7-11H,1-6H2,(H,18,19)(H2,12,13,14)(H2,15,16,17)/t7-,8-,9+,10+,31?/m0/s1. The molecule has 2 rings (SSSR count). The molecule has 6 N–H and O–H groups in total. The quantitative estimate of drug-likeness (QED) is 0.175. The van der Waals surface area contributed by atoms with Gasteiger partial charge in [-0.05, 0) is 6.42 Å². The van der Waals surface area contributed by atoms with Gasteiger partial charge in [0.1, 0.15) is 18.3 Å². The molecule has 0 aromatic carbocycles. The van der Waals surface area contributed by atoms with Crippen LogP contribution in [0.1, 0.15) is 12.8 Å². The van der Waals surface area contributed by atoms with Crippen LogP contribution in [0, 0.1) is 0 Å². The smallest absolute Gasteiger partial charge is 0.390 e. The Morgan fingerprint density at radius 3 is 1.90 bits per heavy atom. The molecule has 2 heterocycles. The van der Waals surface area contributed by atoms with Crippen LogP contribution in [-0.2, 0) is 49.9 Å². The molecule has 0 aliphatic carbocycles. The van der Waals surface area contributed by atoms with Crippen molar-refractivity contribution in [1.29, 1.82) is 0 Å². The molecule has 31 heavy (non-hydrogen) atoms. The summed E-state index contributed by atoms with van der Waals surface area (Å²) in [4.78, 5) is 44.5. The molecule has 2 unspecified atom stereocenters. The summed E-state index contributed by atoms with van der Waals surface area (Å²) in [6.07, 6.45) is -4.40. The van der Waals surface area contributed by atoms with Crippen LogP contribution in [-0.4, -0.2) is 80.4 Å². The van der Waals surface area contributed by atoms with Crippen LogP contribution in [0.2, 0.25) is 0 Å². The minimum Gasteiger partial charge on any atom is -0.390 e. The van der Waals surface area contributed by atoms with Crippen molar-refractivity contribution in [2.75, 3.05) is 26.4 Å². The molecule has 0 aromatic rings. The van der Waals surface area contributed by atoms with Gasteiger partial charge in [-0.15, -0.1) is 0 Å². The molecular formula is C10H22O17P4. The van der Waals surface area contributed by atoms with Crippen LogP contribution in [0.3, 0.4) is 0 Å². The Morgan fingerprint density at radius 2 is 1.35 bits per heavy atom. The van der Waals surface area contributed by atoms with Gasteiger partial charge in [-0.3, -0.25) is 13.6 Å². The maximum atomic E-state index is 13.0. The molecule has 0 aromatic heterocycles. The van der Waals surface area contributed by atoms with Crippen molar-refractivity contribution in [2.45, 2.75) is 37.3 Å². The summed E-state index contributed by atoms with van der Waals surface area (Å²) in [6.45, 7) is -1.32. The molecule has 0 radical (unpaired) electrons. The normalized spacial score (nSPS) is 31.4. The third kappa shape index (κ3) is 10.0. The van der Waals surface area contributed by atoms with Crippen molar-refractivity contribution >= 4 is 31.3 Å². The average Bonchev–Trinajstić information content (AvgIpc) is 3.16. The number of aliphatic hydroxyl groups is 1. The number of phosphoric acid groups is 4. The maximum Gasteiger partial charge on any atom is 0.490 e. The molecular weight excluding hydrogens is 516 g/mol. The summed E-state index contributed by atoms with van der Waals surface area (Å²) >= 11 is 0. The number of ether oxygens (including phenoxy) is 2. The monoisotopic (exact) mass is 538 g/mol. The molecule has 2 saturated heterocycles. The van der Waals surface area contributed by atoms with Crippen LogP contribution in [0.25, 0.3) is 0 Å². The number of hydrogen-bond donors (Lipinski definition) is 6. The predicted molar refractivity (Wildman–Crippen MR) is 95.2 cm³/mol. The lowest BCUT2D eigenvalue weighted by Gasteiger charge is -2.26. The van der Waals surface area contributed by atoms with Gasteiger partial charge in [0.05, 0.1) is 19.3 Å². The van der Waals surface area contributed by atoms with Gasteiger partial charge in [0.15, 0.2) is 0 Å². The Kier molecular flexibility index (Phi) is 9.60. The van der Waals surface area contributed by atoms with E-state index in [0.29, 0.717) is 0 Å². The van der Waals surface area contributed by atoms with Gasteiger partial charge in [0, 0.05) is 19.6 Å². The van der Waals surface area contributed by atoms with E-state index in [1.54, 1.807) is 0 Å². The van der Waals surface area contributed by atoms with Gasteiger partial charge in [0.25, 0.3) is 0 Å². The highest BCUT2D eigenvalue weighted by atomic mass is 31.3. The van der Waals surface area contributed by atoms with E-state index in [4.69, 9.17) is 38.1 Å². The van der Waals surface area contributed by atoms with E-state index >= 15 is 0 Å². The molecule has 21 heteroatoms. The van der Waals surface area contributed by atoms with E-state index in [2.05, 4.69) is 13.1 Å². The highest BCUT2D eigenvalue weighted by Gasteiger charge is 2.47. The fourth-order valence-corrected chi connectivity index (χ4v) is 6.67. The summed E-state index contributed by atoms with van der Waals surface area (Å²) in [5.41, 5.74) is 0. The van der Waals surface area contributed by atoms with Crippen molar-refractivity contribution in [3.05, 3.63) is 0 Å². The van der Waals surface area contributed by atoms with Crippen molar-refractivity contribution in [3.63, 3.8) is 0 Å². The minimum absolute atomic E-state index is 0.0521. The SMILES string of the molecule is O=P(O)(O)OC[C@H]1OCC[C@@H]1OP(=O)(OC[C@H]1OCC[C@@H]1O)OP(=O)(O)OP(=O)(O)O. The van der Waals surface area contributed by atoms with Gasteiger partial charge in [-0.25, -0.2) is 18.3 Å². The number of aliphatic hydroxyl groups excluding tert-OH is 1.